The van der Waals surface area contributed by atoms with Gasteiger partial charge in [-0.2, -0.15) is 0 Å². The zero-order chi connectivity index (χ0) is 18.5. The van der Waals surface area contributed by atoms with E-state index in [1.165, 1.54) is 23.5 Å². The quantitative estimate of drug-likeness (QED) is 0.728. The standard InChI is InChI=1S/C19H24FN3O3/c20-16-6-4-15(5-7-16)8-11-22-17(24)14-18(25)23(19(22)26)13-12-21-9-2-1-3-10-21/h4-7H,1-3,8-14H2. The highest BCUT2D eigenvalue weighted by Crippen LogP contribution is 2.15. The lowest BCUT2D eigenvalue weighted by Crippen LogP contribution is -2.56. The summed E-state index contributed by atoms with van der Waals surface area (Å²) in [5.74, 6) is -1.21. The Morgan fingerprint density at radius 2 is 1.42 bits per heavy atom. The third-order valence-electron chi connectivity index (χ3n) is 4.99. The second-order valence-corrected chi connectivity index (χ2v) is 6.83. The summed E-state index contributed by atoms with van der Waals surface area (Å²) in [7, 11) is 0. The molecule has 26 heavy (non-hydrogen) atoms. The normalized spacial score (nSPS) is 19.3. The van der Waals surface area contributed by atoms with E-state index in [1.807, 2.05) is 0 Å². The number of nitrogens with zero attached hydrogens (tertiary/aromatic N) is 3. The Bertz CT molecular complexity index is 671. The first-order valence-electron chi connectivity index (χ1n) is 9.16. The van der Waals surface area contributed by atoms with E-state index < -0.39 is 17.8 Å². The lowest BCUT2D eigenvalue weighted by atomic mass is 10.1. The zero-order valence-electron chi connectivity index (χ0n) is 14.8. The molecule has 0 aliphatic carbocycles. The minimum atomic E-state index is -0.537. The summed E-state index contributed by atoms with van der Waals surface area (Å²) >= 11 is 0. The number of carbonyl (C=O) groups excluding carboxylic acids is 3. The van der Waals surface area contributed by atoms with Crippen molar-refractivity contribution in [1.82, 2.24) is 14.7 Å². The number of halogens is 1. The van der Waals surface area contributed by atoms with Crippen molar-refractivity contribution in [3.63, 3.8) is 0 Å². The van der Waals surface area contributed by atoms with Crippen LogP contribution in [-0.2, 0) is 16.0 Å². The van der Waals surface area contributed by atoms with E-state index >= 15 is 0 Å². The van der Waals surface area contributed by atoms with E-state index in [2.05, 4.69) is 4.90 Å². The minimum absolute atomic E-state index is 0.191. The Hall–Kier alpha value is -2.28. The fourth-order valence-corrected chi connectivity index (χ4v) is 3.44. The van der Waals surface area contributed by atoms with Gasteiger partial charge >= 0.3 is 6.03 Å². The molecular weight excluding hydrogens is 337 g/mol. The molecule has 0 atom stereocenters. The number of hydrogen-bond acceptors (Lipinski definition) is 4. The van der Waals surface area contributed by atoms with Gasteiger partial charge in [-0.25, -0.2) is 9.18 Å². The molecule has 2 fully saturated rings. The van der Waals surface area contributed by atoms with Crippen LogP contribution in [0.5, 0.6) is 0 Å². The van der Waals surface area contributed by atoms with Crippen LogP contribution in [0.3, 0.4) is 0 Å². The van der Waals surface area contributed by atoms with Crippen molar-refractivity contribution in [2.24, 2.45) is 0 Å². The molecule has 2 saturated heterocycles. The minimum Gasteiger partial charge on any atom is -0.302 e. The highest BCUT2D eigenvalue weighted by Gasteiger charge is 2.37. The van der Waals surface area contributed by atoms with Crippen molar-refractivity contribution in [2.75, 3.05) is 32.7 Å². The van der Waals surface area contributed by atoms with Crippen LogP contribution in [0.25, 0.3) is 0 Å². The highest BCUT2D eigenvalue weighted by atomic mass is 19.1. The highest BCUT2D eigenvalue weighted by molar-refractivity contribution is 6.14. The summed E-state index contributed by atoms with van der Waals surface area (Å²) in [4.78, 5) is 41.5. The molecule has 6 nitrogen and oxygen atoms in total. The second-order valence-electron chi connectivity index (χ2n) is 6.83. The number of amides is 4. The molecule has 1 aromatic rings. The average Bonchev–Trinajstić information content (AvgIpc) is 2.63. The third-order valence-corrected chi connectivity index (χ3v) is 4.99. The number of rotatable bonds is 6. The van der Waals surface area contributed by atoms with Crippen molar-refractivity contribution >= 4 is 17.8 Å². The third kappa shape index (κ3) is 4.46. The first kappa shape index (κ1) is 18.5. The van der Waals surface area contributed by atoms with Crippen molar-refractivity contribution in [1.29, 1.82) is 0 Å². The van der Waals surface area contributed by atoms with E-state index in [9.17, 15) is 18.8 Å². The second kappa shape index (κ2) is 8.40. The summed E-state index contributed by atoms with van der Waals surface area (Å²) in [6.07, 6.45) is 3.68. The molecule has 0 saturated carbocycles. The number of benzene rings is 1. The predicted octanol–water partition coefficient (Wildman–Crippen LogP) is 2.03. The molecule has 0 radical (unpaired) electrons. The molecule has 0 spiro atoms. The molecule has 0 bridgehead atoms. The molecule has 1 aromatic carbocycles. The SMILES string of the molecule is O=C1CC(=O)N(CCN2CCCCC2)C(=O)N1CCc1ccc(F)cc1. The smallest absolute Gasteiger partial charge is 0.302 e. The van der Waals surface area contributed by atoms with Gasteiger partial charge in [0.15, 0.2) is 0 Å². The average molecular weight is 361 g/mol. The van der Waals surface area contributed by atoms with Crippen LogP contribution in [0.2, 0.25) is 0 Å². The summed E-state index contributed by atoms with van der Waals surface area (Å²) in [5, 5.41) is 0. The number of imide groups is 2. The first-order valence-corrected chi connectivity index (χ1v) is 9.16. The predicted molar refractivity (Wildman–Crippen MR) is 93.8 cm³/mol. The molecular formula is C19H24FN3O3. The van der Waals surface area contributed by atoms with Gasteiger partial charge in [-0.1, -0.05) is 18.6 Å². The van der Waals surface area contributed by atoms with E-state index in [0.717, 1.165) is 36.4 Å². The molecule has 7 heteroatoms. The van der Waals surface area contributed by atoms with Crippen LogP contribution in [0.1, 0.15) is 31.2 Å². The summed E-state index contributed by atoms with van der Waals surface area (Å²) in [6, 6.07) is 5.43. The van der Waals surface area contributed by atoms with Crippen molar-refractivity contribution < 1.29 is 18.8 Å². The summed E-state index contributed by atoms with van der Waals surface area (Å²) in [5.41, 5.74) is 0.837. The van der Waals surface area contributed by atoms with E-state index in [4.69, 9.17) is 0 Å². The van der Waals surface area contributed by atoms with Gasteiger partial charge in [0.25, 0.3) is 0 Å². The monoisotopic (exact) mass is 361 g/mol. The molecule has 2 aliphatic rings. The van der Waals surface area contributed by atoms with E-state index in [1.54, 1.807) is 12.1 Å². The molecule has 0 unspecified atom stereocenters. The molecule has 140 valence electrons. The number of piperidine rings is 1. The van der Waals surface area contributed by atoms with Gasteiger partial charge in [-0.15, -0.1) is 0 Å². The van der Waals surface area contributed by atoms with Gasteiger partial charge in [0, 0.05) is 19.6 Å². The summed E-state index contributed by atoms with van der Waals surface area (Å²) < 4.78 is 13.0. The van der Waals surface area contributed by atoms with Crippen LogP contribution in [0.4, 0.5) is 9.18 Å². The van der Waals surface area contributed by atoms with Crippen LogP contribution in [-0.4, -0.2) is 65.3 Å². The largest absolute Gasteiger partial charge is 0.333 e. The van der Waals surface area contributed by atoms with Gasteiger partial charge in [0.2, 0.25) is 11.8 Å². The molecule has 2 aliphatic heterocycles. The van der Waals surface area contributed by atoms with E-state index in [-0.39, 0.29) is 18.8 Å². The maximum atomic E-state index is 13.0. The molecule has 3 rings (SSSR count). The Balaban J connectivity index is 1.58. The number of carbonyl (C=O) groups is 3. The van der Waals surface area contributed by atoms with Gasteiger partial charge in [-0.05, 0) is 50.0 Å². The Morgan fingerprint density at radius 3 is 2.08 bits per heavy atom. The fraction of sp³-hybridized carbons (Fsp3) is 0.526. The Morgan fingerprint density at radius 1 is 0.808 bits per heavy atom. The van der Waals surface area contributed by atoms with Gasteiger partial charge in [0.1, 0.15) is 12.2 Å². The number of barbiturate groups is 1. The van der Waals surface area contributed by atoms with Crippen LogP contribution < -0.4 is 0 Å². The van der Waals surface area contributed by atoms with Gasteiger partial charge in [-0.3, -0.25) is 19.4 Å². The summed E-state index contributed by atoms with van der Waals surface area (Å²) in [6.45, 7) is 3.14. The molecule has 4 amide bonds. The lowest BCUT2D eigenvalue weighted by Gasteiger charge is -2.34. The maximum absolute atomic E-state index is 13.0. The van der Waals surface area contributed by atoms with Crippen molar-refractivity contribution in [3.05, 3.63) is 35.6 Å². The lowest BCUT2D eigenvalue weighted by molar-refractivity contribution is -0.142. The number of likely N-dealkylation sites (tertiary alicyclic amines) is 1. The first-order chi connectivity index (χ1) is 12.5. The number of hydrogen-bond donors (Lipinski definition) is 0. The zero-order valence-corrected chi connectivity index (χ0v) is 14.8. The van der Waals surface area contributed by atoms with Crippen molar-refractivity contribution in [2.45, 2.75) is 32.1 Å². The Labute approximate surface area is 152 Å². The molecule has 0 aromatic heterocycles. The molecule has 2 heterocycles. The van der Waals surface area contributed by atoms with Crippen LogP contribution >= 0.6 is 0 Å². The fourth-order valence-electron chi connectivity index (χ4n) is 3.44. The topological polar surface area (TPSA) is 60.9 Å². The maximum Gasteiger partial charge on any atom is 0.333 e. The Kier molecular flexibility index (Phi) is 5.98. The van der Waals surface area contributed by atoms with E-state index in [0.29, 0.717) is 19.5 Å². The van der Waals surface area contributed by atoms with Crippen LogP contribution in [0.15, 0.2) is 24.3 Å². The number of urea groups is 1. The molecule has 0 N–H and O–H groups in total. The van der Waals surface area contributed by atoms with Crippen LogP contribution in [0, 0.1) is 5.82 Å². The van der Waals surface area contributed by atoms with Gasteiger partial charge < -0.3 is 4.90 Å². The van der Waals surface area contributed by atoms with Gasteiger partial charge in [0.05, 0.1) is 0 Å². The van der Waals surface area contributed by atoms with Crippen molar-refractivity contribution in [3.8, 4) is 0 Å².